The molecule has 0 bridgehead atoms. The summed E-state index contributed by atoms with van der Waals surface area (Å²) in [6.45, 7) is 2.13. The summed E-state index contributed by atoms with van der Waals surface area (Å²) in [6, 6.07) is 23.4. The Labute approximate surface area is 230 Å². The topological polar surface area (TPSA) is 83.4 Å². The predicted octanol–water partition coefficient (Wildman–Crippen LogP) is 6.09. The Bertz CT molecular complexity index is 1410. The number of hydrazone groups is 1. The number of amides is 2. The number of amidine groups is 1. The zero-order valence-corrected chi connectivity index (χ0v) is 22.6. The van der Waals surface area contributed by atoms with Crippen LogP contribution in [-0.4, -0.2) is 40.1 Å². The van der Waals surface area contributed by atoms with E-state index >= 15 is 0 Å². The lowest BCUT2D eigenvalue weighted by molar-refractivity contribution is -0.121. The van der Waals surface area contributed by atoms with E-state index in [2.05, 4.69) is 41.5 Å². The Kier molecular flexibility index (Phi) is 7.81. The van der Waals surface area contributed by atoms with Gasteiger partial charge in [0.2, 0.25) is 5.91 Å². The highest BCUT2D eigenvalue weighted by atomic mass is 35.5. The van der Waals surface area contributed by atoms with E-state index in [1.54, 1.807) is 18.2 Å². The molecule has 0 spiro atoms. The summed E-state index contributed by atoms with van der Waals surface area (Å²) in [6.07, 6.45) is 1.63. The average Bonchev–Trinajstić information content (AvgIpc) is 3.53. The Morgan fingerprint density at radius 1 is 1.13 bits per heavy atom. The van der Waals surface area contributed by atoms with Crippen molar-refractivity contribution in [2.45, 2.75) is 37.5 Å². The highest BCUT2D eigenvalue weighted by molar-refractivity contribution is 8.15. The summed E-state index contributed by atoms with van der Waals surface area (Å²) in [5.74, 6) is -0.115. The van der Waals surface area contributed by atoms with E-state index in [0.717, 1.165) is 23.3 Å². The first-order chi connectivity index (χ1) is 18.4. The molecule has 3 aromatic carbocycles. The molecule has 0 aromatic heterocycles. The first-order valence-electron chi connectivity index (χ1n) is 12.4. The number of carbonyl (C=O) groups excluding carboxylic acids is 2. The van der Waals surface area contributed by atoms with Crippen LogP contribution in [0.2, 0.25) is 5.02 Å². The number of nitrogens with zero attached hydrogens (tertiary/aromatic N) is 3. The van der Waals surface area contributed by atoms with Crippen LogP contribution < -0.4 is 10.1 Å². The van der Waals surface area contributed by atoms with Crippen LogP contribution >= 0.6 is 23.4 Å². The van der Waals surface area contributed by atoms with Crippen LogP contribution in [0.3, 0.4) is 0 Å². The summed E-state index contributed by atoms with van der Waals surface area (Å²) < 4.78 is 5.15. The number of hydrogen-bond donors (Lipinski definition) is 1. The van der Waals surface area contributed by atoms with Gasteiger partial charge in [-0.2, -0.15) is 10.1 Å². The Balaban J connectivity index is 1.32. The van der Waals surface area contributed by atoms with Gasteiger partial charge in [-0.05, 0) is 41.3 Å². The fourth-order valence-corrected chi connectivity index (χ4v) is 5.78. The molecular weight excluding hydrogens is 520 g/mol. The number of ether oxygens (including phenoxy) is 1. The van der Waals surface area contributed by atoms with Crippen LogP contribution in [-0.2, 0) is 16.0 Å². The minimum atomic E-state index is -0.627. The van der Waals surface area contributed by atoms with E-state index in [0.29, 0.717) is 28.0 Å². The van der Waals surface area contributed by atoms with Gasteiger partial charge >= 0.3 is 0 Å². The average molecular weight is 547 g/mol. The van der Waals surface area contributed by atoms with Gasteiger partial charge in [0.15, 0.2) is 5.17 Å². The maximum Gasteiger partial charge on any atom is 0.262 e. The second-order valence-corrected chi connectivity index (χ2v) is 10.6. The second-order valence-electron chi connectivity index (χ2n) is 9.01. The number of carbonyl (C=O) groups is 2. The highest BCUT2D eigenvalue weighted by Gasteiger charge is 2.39. The third kappa shape index (κ3) is 5.61. The lowest BCUT2D eigenvalue weighted by atomic mass is 9.97. The predicted molar refractivity (Wildman–Crippen MR) is 153 cm³/mol. The highest BCUT2D eigenvalue weighted by Crippen LogP contribution is 2.39. The number of methoxy groups -OCH3 is 1. The molecule has 194 valence electrons. The van der Waals surface area contributed by atoms with E-state index in [1.165, 1.54) is 24.4 Å². The van der Waals surface area contributed by atoms with Gasteiger partial charge in [-0.15, -0.1) is 0 Å². The number of anilines is 1. The molecule has 2 heterocycles. The molecule has 38 heavy (non-hydrogen) atoms. The van der Waals surface area contributed by atoms with Crippen LogP contribution in [0.5, 0.6) is 5.75 Å². The molecule has 1 N–H and O–H groups in total. The summed E-state index contributed by atoms with van der Waals surface area (Å²) in [7, 11) is 1.53. The van der Waals surface area contributed by atoms with Gasteiger partial charge < -0.3 is 10.1 Å². The van der Waals surface area contributed by atoms with Crippen molar-refractivity contribution < 1.29 is 14.3 Å². The van der Waals surface area contributed by atoms with Crippen molar-refractivity contribution >= 4 is 51.7 Å². The second kappa shape index (κ2) is 11.4. The van der Waals surface area contributed by atoms with E-state index < -0.39 is 5.25 Å². The molecule has 9 heteroatoms. The number of aliphatic imine (C=N–C) groups is 1. The minimum Gasteiger partial charge on any atom is -0.495 e. The van der Waals surface area contributed by atoms with E-state index in [1.807, 2.05) is 35.3 Å². The molecule has 2 atom stereocenters. The lowest BCUT2D eigenvalue weighted by Gasteiger charge is -2.23. The molecule has 3 aromatic rings. The third-order valence-electron chi connectivity index (χ3n) is 6.52. The fraction of sp³-hybridized carbons (Fsp3) is 0.241. The molecule has 0 aliphatic carbocycles. The normalized spacial score (nSPS) is 18.8. The van der Waals surface area contributed by atoms with Crippen LogP contribution in [0.15, 0.2) is 82.9 Å². The molecule has 2 amide bonds. The number of thioether (sulfide) groups is 1. The summed E-state index contributed by atoms with van der Waals surface area (Å²) >= 11 is 7.44. The Hall–Kier alpha value is -3.62. The quantitative estimate of drug-likeness (QED) is 0.388. The lowest BCUT2D eigenvalue weighted by Crippen LogP contribution is -2.25. The van der Waals surface area contributed by atoms with Gasteiger partial charge in [-0.3, -0.25) is 9.59 Å². The smallest absolute Gasteiger partial charge is 0.262 e. The van der Waals surface area contributed by atoms with Crippen molar-refractivity contribution in [2.75, 3.05) is 12.4 Å². The monoisotopic (exact) mass is 546 g/mol. The maximum atomic E-state index is 12.8. The zero-order valence-electron chi connectivity index (χ0n) is 21.1. The number of aryl methyl sites for hydroxylation is 1. The number of rotatable bonds is 7. The molecule has 7 nitrogen and oxygen atoms in total. The van der Waals surface area contributed by atoms with E-state index in [-0.39, 0.29) is 24.3 Å². The number of benzene rings is 3. The molecule has 0 radical (unpaired) electrons. The zero-order chi connectivity index (χ0) is 26.6. The van der Waals surface area contributed by atoms with Crippen molar-refractivity contribution in [3.8, 4) is 5.75 Å². The van der Waals surface area contributed by atoms with Crippen molar-refractivity contribution in [2.24, 2.45) is 10.1 Å². The van der Waals surface area contributed by atoms with Crippen LogP contribution in [0.4, 0.5) is 5.69 Å². The third-order valence-corrected chi connectivity index (χ3v) is 7.96. The van der Waals surface area contributed by atoms with Gasteiger partial charge in [-0.1, -0.05) is 84.9 Å². The molecule has 5 rings (SSSR count). The Morgan fingerprint density at radius 2 is 1.89 bits per heavy atom. The molecule has 0 fully saturated rings. The van der Waals surface area contributed by atoms with Gasteiger partial charge in [0.25, 0.3) is 5.91 Å². The van der Waals surface area contributed by atoms with E-state index in [4.69, 9.17) is 21.4 Å². The summed E-state index contributed by atoms with van der Waals surface area (Å²) in [5.41, 5.74) is 4.86. The molecular formula is C29H27ClN4O3S. The molecule has 2 aliphatic heterocycles. The van der Waals surface area contributed by atoms with Gasteiger partial charge in [0.05, 0.1) is 23.9 Å². The largest absolute Gasteiger partial charge is 0.495 e. The van der Waals surface area contributed by atoms with Gasteiger partial charge in [0, 0.05) is 18.5 Å². The summed E-state index contributed by atoms with van der Waals surface area (Å²) in [4.78, 5) is 29.9. The first kappa shape index (κ1) is 26.0. The summed E-state index contributed by atoms with van der Waals surface area (Å²) in [5, 5.41) is 9.82. The number of hydrogen-bond acceptors (Lipinski definition) is 6. The van der Waals surface area contributed by atoms with Crippen LogP contribution in [0, 0.1) is 0 Å². The molecule has 0 saturated heterocycles. The molecule has 0 saturated carbocycles. The first-order valence-corrected chi connectivity index (χ1v) is 13.6. The van der Waals surface area contributed by atoms with Crippen molar-refractivity contribution in [1.29, 1.82) is 0 Å². The van der Waals surface area contributed by atoms with Gasteiger partial charge in [-0.25, -0.2) is 5.01 Å². The van der Waals surface area contributed by atoms with E-state index in [9.17, 15) is 9.59 Å². The maximum absolute atomic E-state index is 12.8. The number of halogens is 1. The SMILES string of the molecule is CCc1ccc([C@@H]2CC(c3ccccc3)=NN2C2=NC(=O)[C@@H](CC(=O)Nc3ccc(OC)c(Cl)c3)S2)cc1. The van der Waals surface area contributed by atoms with Crippen LogP contribution in [0.25, 0.3) is 0 Å². The van der Waals surface area contributed by atoms with Crippen molar-refractivity contribution in [1.82, 2.24) is 5.01 Å². The molecule has 0 unspecified atom stereocenters. The van der Waals surface area contributed by atoms with Crippen molar-refractivity contribution in [3.63, 3.8) is 0 Å². The number of nitrogens with one attached hydrogen (secondary N) is 1. The standard InChI is InChI=1S/C29H27ClN4O3S/c1-3-18-9-11-20(12-10-18)24-16-23(19-7-5-4-6-8-19)33-34(24)29-32-28(36)26(38-29)17-27(35)31-21-13-14-25(37-2)22(30)15-21/h4-15,24,26H,3,16-17H2,1-2H3,(H,31,35)/t24-,26+/m0/s1. The Morgan fingerprint density at radius 3 is 2.58 bits per heavy atom. The fourth-order valence-electron chi connectivity index (χ4n) is 4.46. The molecule has 2 aliphatic rings. The van der Waals surface area contributed by atoms with Gasteiger partial charge in [0.1, 0.15) is 11.0 Å². The van der Waals surface area contributed by atoms with Crippen LogP contribution in [0.1, 0.15) is 42.5 Å². The minimum absolute atomic E-state index is 0.0148. The van der Waals surface area contributed by atoms with Crippen molar-refractivity contribution in [3.05, 3.63) is 94.5 Å².